The molecule has 5 nitrogen and oxygen atoms in total. The number of amides is 2. The van der Waals surface area contributed by atoms with Gasteiger partial charge >= 0.3 is 0 Å². The van der Waals surface area contributed by atoms with Gasteiger partial charge in [-0.15, -0.1) is 0 Å². The summed E-state index contributed by atoms with van der Waals surface area (Å²) in [7, 11) is 0. The number of nitrogens with one attached hydrogen (secondary N) is 2. The molecule has 3 N–H and O–H groups in total. The first-order valence-electron chi connectivity index (χ1n) is 8.39. The van der Waals surface area contributed by atoms with Crippen LogP contribution in [0.15, 0.2) is 48.5 Å². The van der Waals surface area contributed by atoms with E-state index in [0.29, 0.717) is 24.1 Å². The molecule has 0 fully saturated rings. The summed E-state index contributed by atoms with van der Waals surface area (Å²) in [5.74, 6) is -0.337. The van der Waals surface area contributed by atoms with Gasteiger partial charge in [0.25, 0.3) is 5.91 Å². The molecule has 5 heteroatoms. The minimum atomic E-state index is -0.249. The van der Waals surface area contributed by atoms with E-state index in [1.807, 2.05) is 38.1 Å². The number of anilines is 1. The molecule has 0 spiro atoms. The number of aliphatic hydroxyl groups is 1. The first-order valence-corrected chi connectivity index (χ1v) is 8.39. The number of benzene rings is 2. The maximum absolute atomic E-state index is 12.2. The van der Waals surface area contributed by atoms with E-state index in [-0.39, 0.29) is 24.5 Å². The van der Waals surface area contributed by atoms with E-state index in [9.17, 15) is 9.59 Å². The fraction of sp³-hybridized carbons (Fsp3) is 0.300. The van der Waals surface area contributed by atoms with E-state index in [1.54, 1.807) is 24.3 Å². The van der Waals surface area contributed by atoms with Gasteiger partial charge < -0.3 is 15.7 Å². The Morgan fingerprint density at radius 3 is 2.36 bits per heavy atom. The van der Waals surface area contributed by atoms with Gasteiger partial charge in [0.15, 0.2) is 0 Å². The van der Waals surface area contributed by atoms with Gasteiger partial charge in [0.05, 0.1) is 19.1 Å². The largest absolute Gasteiger partial charge is 0.394 e. The van der Waals surface area contributed by atoms with E-state index in [0.717, 1.165) is 11.1 Å². The van der Waals surface area contributed by atoms with Gasteiger partial charge in [-0.2, -0.15) is 0 Å². The lowest BCUT2D eigenvalue weighted by Gasteiger charge is -2.14. The molecule has 2 aromatic carbocycles. The van der Waals surface area contributed by atoms with Crippen LogP contribution in [-0.2, 0) is 11.2 Å². The molecule has 0 aliphatic rings. The first kappa shape index (κ1) is 18.7. The predicted octanol–water partition coefficient (Wildman–Crippen LogP) is 2.68. The summed E-state index contributed by atoms with van der Waals surface area (Å²) >= 11 is 0. The third kappa shape index (κ3) is 5.43. The van der Waals surface area contributed by atoms with Crippen molar-refractivity contribution in [2.75, 3.05) is 11.9 Å². The second-order valence-corrected chi connectivity index (χ2v) is 5.99. The highest BCUT2D eigenvalue weighted by Gasteiger charge is 2.11. The van der Waals surface area contributed by atoms with Gasteiger partial charge in [-0.25, -0.2) is 0 Å². The number of carbonyl (C=O) groups is 2. The molecule has 0 aliphatic carbocycles. The third-order valence-electron chi connectivity index (χ3n) is 4.09. The van der Waals surface area contributed by atoms with Crippen LogP contribution in [0.3, 0.4) is 0 Å². The minimum Gasteiger partial charge on any atom is -0.394 e. The predicted molar refractivity (Wildman–Crippen MR) is 98.6 cm³/mol. The number of hydrogen-bond donors (Lipinski definition) is 3. The zero-order valence-corrected chi connectivity index (χ0v) is 14.6. The smallest absolute Gasteiger partial charge is 0.251 e. The molecule has 2 rings (SSSR count). The lowest BCUT2D eigenvalue weighted by Crippen LogP contribution is -2.36. The van der Waals surface area contributed by atoms with Crippen LogP contribution in [0, 0.1) is 6.92 Å². The monoisotopic (exact) mass is 340 g/mol. The zero-order chi connectivity index (χ0) is 18.2. The lowest BCUT2D eigenvalue weighted by atomic mass is 10.1. The number of hydrogen-bond acceptors (Lipinski definition) is 3. The highest BCUT2D eigenvalue weighted by molar-refractivity contribution is 5.96. The van der Waals surface area contributed by atoms with E-state index in [1.165, 1.54) is 0 Å². The van der Waals surface area contributed by atoms with Gasteiger partial charge in [-0.3, -0.25) is 9.59 Å². The summed E-state index contributed by atoms with van der Waals surface area (Å²) in [4.78, 5) is 24.2. The van der Waals surface area contributed by atoms with E-state index < -0.39 is 0 Å². The molecule has 0 aliphatic heterocycles. The van der Waals surface area contributed by atoms with Crippen LogP contribution < -0.4 is 10.6 Å². The molecule has 25 heavy (non-hydrogen) atoms. The fourth-order valence-corrected chi connectivity index (χ4v) is 2.44. The Morgan fingerprint density at radius 1 is 1.08 bits per heavy atom. The molecular formula is C20H24N2O3. The first-order chi connectivity index (χ1) is 12.0. The van der Waals surface area contributed by atoms with Crippen LogP contribution in [0.2, 0.25) is 0 Å². The van der Waals surface area contributed by atoms with Gasteiger partial charge in [-0.1, -0.05) is 31.2 Å². The average Bonchev–Trinajstić information content (AvgIpc) is 2.62. The van der Waals surface area contributed by atoms with E-state index in [4.69, 9.17) is 5.11 Å². The highest BCUT2D eigenvalue weighted by atomic mass is 16.3. The molecule has 2 aromatic rings. The molecule has 2 amide bonds. The van der Waals surface area contributed by atoms with Crippen molar-refractivity contribution in [3.05, 3.63) is 65.2 Å². The van der Waals surface area contributed by atoms with Crippen LogP contribution in [-0.4, -0.2) is 29.6 Å². The van der Waals surface area contributed by atoms with Crippen molar-refractivity contribution in [2.45, 2.75) is 32.7 Å². The molecule has 132 valence electrons. The van der Waals surface area contributed by atoms with Crippen LogP contribution in [0.4, 0.5) is 5.69 Å². The summed E-state index contributed by atoms with van der Waals surface area (Å²) in [6.45, 7) is 3.79. The SMILES string of the molecule is CCC(CO)NC(=O)c1ccc(NC(=O)Cc2ccccc2C)cc1. The Kier molecular flexibility index (Phi) is 6.71. The maximum Gasteiger partial charge on any atom is 0.251 e. The zero-order valence-electron chi connectivity index (χ0n) is 14.6. The minimum absolute atomic E-state index is 0.0880. The van der Waals surface area contributed by atoms with Crippen LogP contribution in [0.5, 0.6) is 0 Å². The fourth-order valence-electron chi connectivity index (χ4n) is 2.44. The van der Waals surface area contributed by atoms with Gasteiger partial charge in [0.2, 0.25) is 5.91 Å². The van der Waals surface area contributed by atoms with Crippen molar-refractivity contribution in [1.82, 2.24) is 5.32 Å². The molecule has 0 aromatic heterocycles. The van der Waals surface area contributed by atoms with Crippen LogP contribution in [0.1, 0.15) is 34.8 Å². The number of aryl methyl sites for hydroxylation is 1. The summed E-state index contributed by atoms with van der Waals surface area (Å²) < 4.78 is 0. The summed E-state index contributed by atoms with van der Waals surface area (Å²) in [5, 5.41) is 14.7. The Morgan fingerprint density at radius 2 is 1.76 bits per heavy atom. The maximum atomic E-state index is 12.2. The second-order valence-electron chi connectivity index (χ2n) is 5.99. The molecular weight excluding hydrogens is 316 g/mol. The van der Waals surface area contributed by atoms with Gasteiger partial charge in [-0.05, 0) is 48.7 Å². The van der Waals surface area contributed by atoms with Crippen molar-refractivity contribution >= 4 is 17.5 Å². The van der Waals surface area contributed by atoms with Crippen LogP contribution >= 0.6 is 0 Å². The molecule has 0 saturated heterocycles. The second kappa shape index (κ2) is 8.99. The Balaban J connectivity index is 1.94. The molecule has 1 atom stereocenters. The van der Waals surface area contributed by atoms with E-state index in [2.05, 4.69) is 10.6 Å². The molecule has 0 heterocycles. The van der Waals surface area contributed by atoms with Crippen molar-refractivity contribution < 1.29 is 14.7 Å². The molecule has 0 bridgehead atoms. The Labute approximate surface area is 148 Å². The van der Waals surface area contributed by atoms with Gasteiger partial charge in [0.1, 0.15) is 0 Å². The van der Waals surface area contributed by atoms with Crippen LogP contribution in [0.25, 0.3) is 0 Å². The van der Waals surface area contributed by atoms with Gasteiger partial charge in [0, 0.05) is 11.3 Å². The third-order valence-corrected chi connectivity index (χ3v) is 4.09. The van der Waals surface area contributed by atoms with Crippen molar-refractivity contribution in [3.8, 4) is 0 Å². The molecule has 0 radical (unpaired) electrons. The number of aliphatic hydroxyl groups excluding tert-OH is 1. The highest BCUT2D eigenvalue weighted by Crippen LogP contribution is 2.12. The van der Waals surface area contributed by atoms with E-state index >= 15 is 0 Å². The standard InChI is InChI=1S/C20H24N2O3/c1-3-17(13-23)22-20(25)15-8-10-18(11-9-15)21-19(24)12-16-7-5-4-6-14(16)2/h4-11,17,23H,3,12-13H2,1-2H3,(H,21,24)(H,22,25). The number of carbonyl (C=O) groups excluding carboxylic acids is 2. The lowest BCUT2D eigenvalue weighted by molar-refractivity contribution is -0.115. The summed E-state index contributed by atoms with van der Waals surface area (Å²) in [6.07, 6.45) is 0.971. The van der Waals surface area contributed by atoms with Crippen molar-refractivity contribution in [3.63, 3.8) is 0 Å². The topological polar surface area (TPSA) is 78.4 Å². The normalized spacial score (nSPS) is 11.6. The number of rotatable bonds is 7. The van der Waals surface area contributed by atoms with Crippen molar-refractivity contribution in [2.24, 2.45) is 0 Å². The molecule has 1 unspecified atom stereocenters. The average molecular weight is 340 g/mol. The molecule has 0 saturated carbocycles. The quantitative estimate of drug-likeness (QED) is 0.725. The Hall–Kier alpha value is -2.66. The van der Waals surface area contributed by atoms with Crippen molar-refractivity contribution in [1.29, 1.82) is 0 Å². The Bertz CT molecular complexity index is 722. The summed E-state index contributed by atoms with van der Waals surface area (Å²) in [6, 6.07) is 14.2. The summed E-state index contributed by atoms with van der Waals surface area (Å²) in [5.41, 5.74) is 3.21.